The molecule has 1 unspecified atom stereocenters. The molecule has 1 saturated heterocycles. The maximum atomic E-state index is 6.37. The first-order chi connectivity index (χ1) is 12.1. The van der Waals surface area contributed by atoms with E-state index in [1.807, 2.05) is 36.4 Å². The number of aliphatic imine (C=N–C) groups is 1. The minimum Gasteiger partial charge on any atom is -0.497 e. The van der Waals surface area contributed by atoms with E-state index in [-0.39, 0.29) is 0 Å². The predicted octanol–water partition coefficient (Wildman–Crippen LogP) is 6.02. The highest BCUT2D eigenvalue weighted by atomic mass is 35.5. The van der Waals surface area contributed by atoms with Gasteiger partial charge in [-0.1, -0.05) is 48.0 Å². The summed E-state index contributed by atoms with van der Waals surface area (Å²) >= 11 is 14.2. The SMILES string of the molecule is CCC1CSC(=Nc2ccc(OC)cc2)N1Cc1ccc(Cl)cc1Cl. The van der Waals surface area contributed by atoms with Crippen LogP contribution in [0.1, 0.15) is 18.9 Å². The number of hydrogen-bond acceptors (Lipinski definition) is 3. The zero-order chi connectivity index (χ0) is 17.8. The standard InChI is InChI=1S/C19H20Cl2N2OS/c1-3-16-12-25-19(22-15-6-8-17(24-2)9-7-15)23(16)11-13-4-5-14(20)10-18(13)21/h4-10,16H,3,11-12H2,1-2H3. The monoisotopic (exact) mass is 394 g/mol. The molecule has 25 heavy (non-hydrogen) atoms. The van der Waals surface area contributed by atoms with Crippen molar-refractivity contribution in [1.29, 1.82) is 0 Å². The lowest BCUT2D eigenvalue weighted by Gasteiger charge is -2.25. The molecule has 1 heterocycles. The molecule has 1 aliphatic heterocycles. The van der Waals surface area contributed by atoms with Gasteiger partial charge in [0.25, 0.3) is 0 Å². The number of amidine groups is 1. The van der Waals surface area contributed by atoms with Crippen LogP contribution in [-0.4, -0.2) is 29.0 Å². The van der Waals surface area contributed by atoms with Crippen LogP contribution in [-0.2, 0) is 6.54 Å². The third kappa shape index (κ3) is 4.43. The summed E-state index contributed by atoms with van der Waals surface area (Å²) in [6.45, 7) is 2.94. The van der Waals surface area contributed by atoms with Crippen molar-refractivity contribution in [3.05, 3.63) is 58.1 Å². The number of hydrogen-bond donors (Lipinski definition) is 0. The first-order valence-electron chi connectivity index (χ1n) is 8.16. The van der Waals surface area contributed by atoms with E-state index in [0.29, 0.717) is 16.1 Å². The van der Waals surface area contributed by atoms with E-state index in [1.165, 1.54) is 0 Å². The Hall–Kier alpha value is -1.36. The summed E-state index contributed by atoms with van der Waals surface area (Å²) in [6.07, 6.45) is 1.07. The maximum Gasteiger partial charge on any atom is 0.165 e. The quantitative estimate of drug-likeness (QED) is 0.619. The Bertz CT molecular complexity index is 765. The fourth-order valence-corrected chi connectivity index (χ4v) is 4.51. The second-order valence-corrected chi connectivity index (χ2v) is 7.66. The second-order valence-electron chi connectivity index (χ2n) is 5.83. The van der Waals surface area contributed by atoms with Crippen LogP contribution in [0.3, 0.4) is 0 Å². The van der Waals surface area contributed by atoms with E-state index in [4.69, 9.17) is 32.9 Å². The van der Waals surface area contributed by atoms with E-state index in [2.05, 4.69) is 11.8 Å². The average Bonchev–Trinajstić information content (AvgIpc) is 2.99. The summed E-state index contributed by atoms with van der Waals surface area (Å²) in [4.78, 5) is 7.17. The van der Waals surface area contributed by atoms with E-state index >= 15 is 0 Å². The predicted molar refractivity (Wildman–Crippen MR) is 109 cm³/mol. The van der Waals surface area contributed by atoms with Crippen LogP contribution in [0.25, 0.3) is 0 Å². The Kier molecular flexibility index (Phi) is 6.15. The highest BCUT2D eigenvalue weighted by Gasteiger charge is 2.29. The van der Waals surface area contributed by atoms with E-state index in [0.717, 1.165) is 40.9 Å². The van der Waals surface area contributed by atoms with Gasteiger partial charge in [-0.05, 0) is 48.4 Å². The third-order valence-electron chi connectivity index (χ3n) is 4.22. The Labute approximate surface area is 163 Å². The molecule has 2 aromatic rings. The number of nitrogens with zero attached hydrogens (tertiary/aromatic N) is 2. The maximum absolute atomic E-state index is 6.37. The summed E-state index contributed by atoms with van der Waals surface area (Å²) in [5.41, 5.74) is 1.99. The van der Waals surface area contributed by atoms with Gasteiger partial charge in [0.15, 0.2) is 5.17 Å². The lowest BCUT2D eigenvalue weighted by molar-refractivity contribution is 0.335. The van der Waals surface area contributed by atoms with Crippen molar-refractivity contribution >= 4 is 45.8 Å². The Morgan fingerprint density at radius 3 is 2.60 bits per heavy atom. The third-order valence-corrected chi connectivity index (χ3v) is 5.94. The van der Waals surface area contributed by atoms with E-state index < -0.39 is 0 Å². The molecule has 3 nitrogen and oxygen atoms in total. The summed E-state index contributed by atoms with van der Waals surface area (Å²) in [5, 5.41) is 2.38. The highest BCUT2D eigenvalue weighted by molar-refractivity contribution is 8.14. The van der Waals surface area contributed by atoms with Crippen LogP contribution in [0, 0.1) is 0 Å². The van der Waals surface area contributed by atoms with E-state index in [9.17, 15) is 0 Å². The molecule has 1 aliphatic rings. The van der Waals surface area contributed by atoms with Crippen molar-refractivity contribution in [2.75, 3.05) is 12.9 Å². The lowest BCUT2D eigenvalue weighted by atomic mass is 10.1. The molecule has 6 heteroatoms. The van der Waals surface area contributed by atoms with Crippen molar-refractivity contribution in [3.8, 4) is 5.75 Å². The molecule has 1 atom stereocenters. The topological polar surface area (TPSA) is 24.8 Å². The molecule has 1 fully saturated rings. The fourth-order valence-electron chi connectivity index (χ4n) is 2.73. The molecule has 3 rings (SSSR count). The molecule has 0 bridgehead atoms. The number of benzene rings is 2. The molecular weight excluding hydrogens is 375 g/mol. The molecule has 0 radical (unpaired) electrons. The van der Waals surface area contributed by atoms with Gasteiger partial charge in [-0.3, -0.25) is 0 Å². The summed E-state index contributed by atoms with van der Waals surface area (Å²) < 4.78 is 5.21. The molecule has 2 aromatic carbocycles. The van der Waals surface area contributed by atoms with Crippen LogP contribution in [0.4, 0.5) is 5.69 Å². The van der Waals surface area contributed by atoms with Crippen molar-refractivity contribution in [3.63, 3.8) is 0 Å². The summed E-state index contributed by atoms with van der Waals surface area (Å²) in [5.74, 6) is 1.87. The van der Waals surface area contributed by atoms with Gasteiger partial charge >= 0.3 is 0 Å². The molecule has 0 aromatic heterocycles. The van der Waals surface area contributed by atoms with Crippen LogP contribution >= 0.6 is 35.0 Å². The molecule has 0 N–H and O–H groups in total. The average molecular weight is 395 g/mol. The molecule has 0 aliphatic carbocycles. The second kappa shape index (κ2) is 8.35. The van der Waals surface area contributed by atoms with Crippen LogP contribution in [0.2, 0.25) is 10.0 Å². The van der Waals surface area contributed by atoms with E-state index in [1.54, 1.807) is 24.9 Å². The summed E-state index contributed by atoms with van der Waals surface area (Å²) in [7, 11) is 1.66. The van der Waals surface area contributed by atoms with Gasteiger partial charge < -0.3 is 9.64 Å². The number of thioether (sulfide) groups is 1. The van der Waals surface area contributed by atoms with Gasteiger partial charge in [0.2, 0.25) is 0 Å². The Balaban J connectivity index is 1.85. The normalized spacial score (nSPS) is 18.8. The van der Waals surface area contributed by atoms with Crippen LogP contribution < -0.4 is 4.74 Å². The largest absolute Gasteiger partial charge is 0.497 e. The van der Waals surface area contributed by atoms with Gasteiger partial charge in [-0.25, -0.2) is 4.99 Å². The van der Waals surface area contributed by atoms with Crippen LogP contribution in [0.15, 0.2) is 47.5 Å². The van der Waals surface area contributed by atoms with Crippen molar-refractivity contribution in [2.24, 2.45) is 4.99 Å². The molecule has 0 amide bonds. The van der Waals surface area contributed by atoms with Gasteiger partial charge in [-0.2, -0.15) is 0 Å². The van der Waals surface area contributed by atoms with Crippen molar-refractivity contribution in [2.45, 2.75) is 25.9 Å². The first-order valence-corrected chi connectivity index (χ1v) is 9.91. The van der Waals surface area contributed by atoms with Crippen molar-refractivity contribution < 1.29 is 4.74 Å². The fraction of sp³-hybridized carbons (Fsp3) is 0.316. The van der Waals surface area contributed by atoms with Gasteiger partial charge in [-0.15, -0.1) is 0 Å². The number of rotatable bonds is 5. The summed E-state index contributed by atoms with van der Waals surface area (Å²) in [6, 6.07) is 13.9. The smallest absolute Gasteiger partial charge is 0.165 e. The van der Waals surface area contributed by atoms with Crippen LogP contribution in [0.5, 0.6) is 5.75 Å². The van der Waals surface area contributed by atoms with Gasteiger partial charge in [0, 0.05) is 28.4 Å². The lowest BCUT2D eigenvalue weighted by Crippen LogP contribution is -2.32. The Morgan fingerprint density at radius 1 is 1.20 bits per heavy atom. The van der Waals surface area contributed by atoms with Gasteiger partial charge in [0.05, 0.1) is 12.8 Å². The minimum atomic E-state index is 0.453. The van der Waals surface area contributed by atoms with Gasteiger partial charge in [0.1, 0.15) is 5.75 Å². The number of methoxy groups -OCH3 is 1. The Morgan fingerprint density at radius 2 is 1.96 bits per heavy atom. The number of halogens is 2. The minimum absolute atomic E-state index is 0.453. The molecule has 0 saturated carbocycles. The molecule has 132 valence electrons. The first kappa shape index (κ1) is 18.4. The number of ether oxygens (including phenoxy) is 1. The highest BCUT2D eigenvalue weighted by Crippen LogP contribution is 2.32. The van der Waals surface area contributed by atoms with Crippen molar-refractivity contribution in [1.82, 2.24) is 4.90 Å². The zero-order valence-corrected chi connectivity index (χ0v) is 16.5. The molecular formula is C19H20Cl2N2OS. The zero-order valence-electron chi connectivity index (χ0n) is 14.2. The molecule has 0 spiro atoms.